The molecule has 0 aromatic rings. The van der Waals surface area contributed by atoms with Crippen molar-refractivity contribution in [1.82, 2.24) is 0 Å². The number of rotatable bonds is 2. The molecule has 0 aliphatic carbocycles. The molecule has 12 heavy (non-hydrogen) atoms. The van der Waals surface area contributed by atoms with Gasteiger partial charge in [0.15, 0.2) is 0 Å². The summed E-state index contributed by atoms with van der Waals surface area (Å²) in [6.45, 7) is 6.43. The predicted molar refractivity (Wildman–Crippen MR) is 56.8 cm³/mol. The molecule has 2 nitrogen and oxygen atoms in total. The van der Waals surface area contributed by atoms with E-state index in [2.05, 4.69) is 25.8 Å². The average molecular weight is 186 g/mol. The first-order chi connectivity index (χ1) is 5.59. The molecular formula is C9H18N2S. The van der Waals surface area contributed by atoms with Gasteiger partial charge in [0, 0.05) is 16.9 Å². The Morgan fingerprint density at radius 2 is 2.25 bits per heavy atom. The van der Waals surface area contributed by atoms with Crippen LogP contribution in [-0.2, 0) is 0 Å². The molecule has 0 aromatic heterocycles. The molecule has 0 saturated carbocycles. The Hall–Kier alpha value is -0.180. The van der Waals surface area contributed by atoms with Gasteiger partial charge in [-0.1, -0.05) is 20.8 Å². The van der Waals surface area contributed by atoms with Gasteiger partial charge in [-0.2, -0.15) is 11.8 Å². The van der Waals surface area contributed by atoms with Gasteiger partial charge >= 0.3 is 0 Å². The third-order valence-electron chi connectivity index (χ3n) is 2.10. The summed E-state index contributed by atoms with van der Waals surface area (Å²) < 4.78 is 0. The van der Waals surface area contributed by atoms with Crippen molar-refractivity contribution in [3.63, 3.8) is 0 Å². The maximum absolute atomic E-state index is 5.78. The van der Waals surface area contributed by atoms with Gasteiger partial charge in [0.25, 0.3) is 0 Å². The molecule has 2 N–H and O–H groups in total. The van der Waals surface area contributed by atoms with Crippen molar-refractivity contribution in [2.75, 3.05) is 5.75 Å². The second-order valence-electron chi connectivity index (χ2n) is 3.74. The van der Waals surface area contributed by atoms with Crippen LogP contribution in [0.2, 0.25) is 0 Å². The summed E-state index contributed by atoms with van der Waals surface area (Å²) in [5, 5.41) is 0.763. The fraction of sp³-hybridized carbons (Fsp3) is 0.889. The summed E-state index contributed by atoms with van der Waals surface area (Å²) in [5.74, 6) is 2.36. The molecule has 70 valence electrons. The second kappa shape index (κ2) is 4.17. The number of nitrogens with zero attached hydrogens (tertiary/aromatic N) is 1. The quantitative estimate of drug-likeness (QED) is 0.528. The second-order valence-corrected chi connectivity index (χ2v) is 5.21. The highest BCUT2D eigenvalue weighted by molar-refractivity contribution is 8.00. The van der Waals surface area contributed by atoms with E-state index in [1.165, 1.54) is 6.42 Å². The fourth-order valence-corrected chi connectivity index (χ4v) is 2.36. The highest BCUT2D eigenvalue weighted by atomic mass is 32.2. The lowest BCUT2D eigenvalue weighted by molar-refractivity contribution is 0.695. The topological polar surface area (TPSA) is 38.4 Å². The minimum atomic E-state index is 0.394. The van der Waals surface area contributed by atoms with Crippen LogP contribution in [0.15, 0.2) is 4.99 Å². The van der Waals surface area contributed by atoms with Crippen LogP contribution in [0, 0.1) is 5.92 Å². The Morgan fingerprint density at radius 1 is 1.58 bits per heavy atom. The molecule has 2 unspecified atom stereocenters. The first kappa shape index (κ1) is 9.90. The molecule has 0 amide bonds. The van der Waals surface area contributed by atoms with Crippen LogP contribution >= 0.6 is 11.8 Å². The predicted octanol–water partition coefficient (Wildman–Crippen LogP) is 1.89. The first-order valence-electron chi connectivity index (χ1n) is 4.54. The van der Waals surface area contributed by atoms with E-state index in [-0.39, 0.29) is 0 Å². The van der Waals surface area contributed by atoms with Gasteiger partial charge in [-0.15, -0.1) is 0 Å². The Labute approximate surface area is 79.0 Å². The Morgan fingerprint density at radius 3 is 2.67 bits per heavy atom. The lowest BCUT2D eigenvalue weighted by Gasteiger charge is -2.07. The van der Waals surface area contributed by atoms with E-state index in [0.29, 0.717) is 12.0 Å². The molecule has 3 heteroatoms. The standard InChI is InChI=1S/C9H18N2S/c1-6(2)9(10)11-8-4-7(3)12-5-8/h6-8H,4-5H2,1-3H3,(H2,10,11). The molecule has 1 aliphatic rings. The van der Waals surface area contributed by atoms with Gasteiger partial charge in [-0.05, 0) is 6.42 Å². The van der Waals surface area contributed by atoms with E-state index in [1.54, 1.807) is 0 Å². The zero-order valence-corrected chi connectivity index (χ0v) is 8.90. The zero-order chi connectivity index (χ0) is 9.14. The molecule has 1 rings (SSSR count). The number of amidine groups is 1. The van der Waals surface area contributed by atoms with Crippen LogP contribution in [0.25, 0.3) is 0 Å². The first-order valence-corrected chi connectivity index (χ1v) is 5.59. The maximum Gasteiger partial charge on any atom is 0.0966 e. The number of thioether (sulfide) groups is 1. The number of hydrogen-bond donors (Lipinski definition) is 1. The van der Waals surface area contributed by atoms with Crippen LogP contribution in [0.5, 0.6) is 0 Å². The van der Waals surface area contributed by atoms with E-state index >= 15 is 0 Å². The Balaban J connectivity index is 2.45. The van der Waals surface area contributed by atoms with Crippen molar-refractivity contribution in [2.24, 2.45) is 16.6 Å². The third-order valence-corrected chi connectivity index (χ3v) is 3.44. The summed E-state index contributed by atoms with van der Waals surface area (Å²) in [7, 11) is 0. The fourth-order valence-electron chi connectivity index (χ4n) is 1.24. The van der Waals surface area contributed by atoms with Gasteiger partial charge in [0.2, 0.25) is 0 Å². The van der Waals surface area contributed by atoms with Crippen LogP contribution in [0.4, 0.5) is 0 Å². The van der Waals surface area contributed by atoms with Gasteiger partial charge in [0.1, 0.15) is 0 Å². The van der Waals surface area contributed by atoms with Gasteiger partial charge in [0.05, 0.1) is 11.9 Å². The summed E-state index contributed by atoms with van der Waals surface area (Å²) in [5.41, 5.74) is 5.78. The molecule has 2 atom stereocenters. The smallest absolute Gasteiger partial charge is 0.0966 e. The summed E-state index contributed by atoms with van der Waals surface area (Å²) in [6, 6.07) is 0.479. The molecule has 0 spiro atoms. The molecular weight excluding hydrogens is 168 g/mol. The molecule has 0 bridgehead atoms. The molecule has 1 heterocycles. The lowest BCUT2D eigenvalue weighted by Crippen LogP contribution is -2.22. The van der Waals surface area contributed by atoms with E-state index in [0.717, 1.165) is 16.8 Å². The largest absolute Gasteiger partial charge is 0.387 e. The van der Waals surface area contributed by atoms with Crippen LogP contribution in [0.1, 0.15) is 27.2 Å². The van der Waals surface area contributed by atoms with Crippen LogP contribution in [-0.4, -0.2) is 22.9 Å². The van der Waals surface area contributed by atoms with Crippen molar-refractivity contribution in [3.8, 4) is 0 Å². The monoisotopic (exact) mass is 186 g/mol. The van der Waals surface area contributed by atoms with Gasteiger partial charge in [-0.3, -0.25) is 4.99 Å². The highest BCUT2D eigenvalue weighted by Gasteiger charge is 2.21. The minimum Gasteiger partial charge on any atom is -0.387 e. The zero-order valence-electron chi connectivity index (χ0n) is 8.08. The summed E-state index contributed by atoms with van der Waals surface area (Å²) >= 11 is 2.00. The molecule has 1 aliphatic heterocycles. The molecule has 0 radical (unpaired) electrons. The maximum atomic E-state index is 5.78. The van der Waals surface area contributed by atoms with Crippen molar-refractivity contribution in [3.05, 3.63) is 0 Å². The lowest BCUT2D eigenvalue weighted by atomic mass is 10.1. The average Bonchev–Trinajstić information content (AvgIpc) is 2.35. The summed E-state index contributed by atoms with van der Waals surface area (Å²) in [6.07, 6.45) is 1.19. The van der Waals surface area contributed by atoms with E-state index in [1.807, 2.05) is 11.8 Å². The van der Waals surface area contributed by atoms with Crippen molar-refractivity contribution < 1.29 is 0 Å². The SMILES string of the molecule is CC1CC(N=C(N)C(C)C)CS1. The van der Waals surface area contributed by atoms with Crippen molar-refractivity contribution >= 4 is 17.6 Å². The van der Waals surface area contributed by atoms with E-state index in [9.17, 15) is 0 Å². The minimum absolute atomic E-state index is 0.394. The third kappa shape index (κ3) is 2.70. The van der Waals surface area contributed by atoms with Crippen molar-refractivity contribution in [2.45, 2.75) is 38.5 Å². The number of hydrogen-bond acceptors (Lipinski definition) is 2. The summed E-state index contributed by atoms with van der Waals surface area (Å²) in [4.78, 5) is 4.50. The molecule has 0 aromatic carbocycles. The Kier molecular flexibility index (Phi) is 3.44. The highest BCUT2D eigenvalue weighted by Crippen LogP contribution is 2.28. The number of aliphatic imine (C=N–C) groups is 1. The van der Waals surface area contributed by atoms with Crippen molar-refractivity contribution in [1.29, 1.82) is 0 Å². The normalized spacial score (nSPS) is 31.5. The number of nitrogens with two attached hydrogens (primary N) is 1. The molecule has 1 fully saturated rings. The van der Waals surface area contributed by atoms with Crippen LogP contribution < -0.4 is 5.73 Å². The molecule has 1 saturated heterocycles. The van der Waals surface area contributed by atoms with Gasteiger partial charge in [-0.25, -0.2) is 0 Å². The van der Waals surface area contributed by atoms with E-state index < -0.39 is 0 Å². The van der Waals surface area contributed by atoms with E-state index in [4.69, 9.17) is 5.73 Å². The Bertz CT molecular complexity index is 177. The van der Waals surface area contributed by atoms with Gasteiger partial charge < -0.3 is 5.73 Å². The van der Waals surface area contributed by atoms with Crippen LogP contribution in [0.3, 0.4) is 0 Å².